The average molecular weight is 418 g/mol. The van der Waals surface area contributed by atoms with Crippen molar-refractivity contribution in [3.63, 3.8) is 0 Å². The zero-order valence-corrected chi connectivity index (χ0v) is 18.1. The number of anilines is 1. The SMILES string of the molecule is CCC(=O)c1ncc(-c2cccc(CC)c2)cc1NC(=O)CNCc1nccc(C)n1. The number of Topliss-reactive ketones (excluding diaryl/α,β-unsaturated/α-hetero) is 1. The Hall–Kier alpha value is -3.45. The quantitative estimate of drug-likeness (QED) is 0.515. The van der Waals surface area contributed by atoms with Gasteiger partial charge in [-0.2, -0.15) is 0 Å². The summed E-state index contributed by atoms with van der Waals surface area (Å²) in [7, 11) is 0. The van der Waals surface area contributed by atoms with Gasteiger partial charge in [0.25, 0.3) is 0 Å². The first-order chi connectivity index (χ1) is 15.0. The van der Waals surface area contributed by atoms with E-state index in [2.05, 4.69) is 44.6 Å². The van der Waals surface area contributed by atoms with Crippen LogP contribution in [0.25, 0.3) is 11.1 Å². The second kappa shape index (κ2) is 10.5. The highest BCUT2D eigenvalue weighted by molar-refractivity contribution is 6.04. The predicted octanol–water partition coefficient (Wildman–Crippen LogP) is 3.73. The van der Waals surface area contributed by atoms with Crippen molar-refractivity contribution in [2.75, 3.05) is 11.9 Å². The maximum Gasteiger partial charge on any atom is 0.238 e. The molecule has 0 saturated heterocycles. The van der Waals surface area contributed by atoms with Gasteiger partial charge in [-0.15, -0.1) is 0 Å². The topological polar surface area (TPSA) is 96.9 Å². The summed E-state index contributed by atoms with van der Waals surface area (Å²) in [5.74, 6) is 0.235. The lowest BCUT2D eigenvalue weighted by atomic mass is 10.0. The van der Waals surface area contributed by atoms with Gasteiger partial charge < -0.3 is 10.6 Å². The van der Waals surface area contributed by atoms with Gasteiger partial charge >= 0.3 is 0 Å². The van der Waals surface area contributed by atoms with E-state index < -0.39 is 0 Å². The van der Waals surface area contributed by atoms with Gasteiger partial charge in [-0.25, -0.2) is 9.97 Å². The number of nitrogens with one attached hydrogen (secondary N) is 2. The molecule has 0 aliphatic heterocycles. The van der Waals surface area contributed by atoms with Crippen LogP contribution < -0.4 is 10.6 Å². The molecule has 0 aliphatic rings. The molecule has 2 heterocycles. The molecule has 160 valence electrons. The number of nitrogens with zero attached hydrogens (tertiary/aromatic N) is 3. The molecule has 1 amide bonds. The molecule has 31 heavy (non-hydrogen) atoms. The molecule has 0 aliphatic carbocycles. The first-order valence-electron chi connectivity index (χ1n) is 10.4. The molecule has 0 saturated carbocycles. The van der Waals surface area contributed by atoms with Gasteiger partial charge in [-0.3, -0.25) is 14.6 Å². The highest BCUT2D eigenvalue weighted by Gasteiger charge is 2.15. The summed E-state index contributed by atoms with van der Waals surface area (Å²) in [6.45, 7) is 6.20. The van der Waals surface area contributed by atoms with Crippen LogP contribution in [0.5, 0.6) is 0 Å². The summed E-state index contributed by atoms with van der Waals surface area (Å²) < 4.78 is 0. The minimum atomic E-state index is -0.265. The fraction of sp³-hybridized carbons (Fsp3) is 0.292. The maximum atomic E-state index is 12.5. The lowest BCUT2D eigenvalue weighted by Crippen LogP contribution is -2.29. The smallest absolute Gasteiger partial charge is 0.238 e. The van der Waals surface area contributed by atoms with Gasteiger partial charge in [-0.05, 0) is 36.6 Å². The summed E-state index contributed by atoms with van der Waals surface area (Å²) in [6, 6.07) is 11.8. The Morgan fingerprint density at radius 3 is 2.61 bits per heavy atom. The number of amides is 1. The number of rotatable bonds is 9. The van der Waals surface area contributed by atoms with Crippen LogP contribution in [0.4, 0.5) is 5.69 Å². The van der Waals surface area contributed by atoms with Crippen LogP contribution in [-0.2, 0) is 17.8 Å². The number of pyridine rings is 1. The van der Waals surface area contributed by atoms with Crippen molar-refractivity contribution in [1.29, 1.82) is 0 Å². The zero-order valence-electron chi connectivity index (χ0n) is 18.1. The van der Waals surface area contributed by atoms with Crippen LogP contribution in [0.2, 0.25) is 0 Å². The summed E-state index contributed by atoms with van der Waals surface area (Å²) in [5.41, 5.74) is 4.61. The van der Waals surface area contributed by atoms with Crippen LogP contribution in [0.15, 0.2) is 48.8 Å². The fourth-order valence-corrected chi connectivity index (χ4v) is 3.15. The third-order valence-electron chi connectivity index (χ3n) is 4.83. The molecular weight excluding hydrogens is 390 g/mol. The number of carbonyl (C=O) groups is 2. The monoisotopic (exact) mass is 417 g/mol. The molecule has 0 atom stereocenters. The first kappa shape index (κ1) is 22.2. The number of aryl methyl sites for hydroxylation is 2. The second-order valence-electron chi connectivity index (χ2n) is 7.22. The van der Waals surface area contributed by atoms with Crippen molar-refractivity contribution in [3.8, 4) is 11.1 Å². The molecule has 1 aromatic carbocycles. The van der Waals surface area contributed by atoms with E-state index in [4.69, 9.17) is 0 Å². The van der Waals surface area contributed by atoms with E-state index in [-0.39, 0.29) is 23.9 Å². The summed E-state index contributed by atoms with van der Waals surface area (Å²) >= 11 is 0. The standard InChI is InChI=1S/C24H27N5O2/c1-4-17-7-6-8-18(11-17)19-12-20(24(27-13-19)21(30)5-2)29-23(31)15-25-14-22-26-10-9-16(3)28-22/h6-13,25H,4-5,14-15H2,1-3H3,(H,29,31). The van der Waals surface area contributed by atoms with E-state index in [1.165, 1.54) is 5.56 Å². The largest absolute Gasteiger partial charge is 0.323 e. The first-order valence-corrected chi connectivity index (χ1v) is 10.4. The van der Waals surface area contributed by atoms with Gasteiger partial charge in [0.15, 0.2) is 5.78 Å². The number of carbonyl (C=O) groups excluding carboxylic acids is 2. The van der Waals surface area contributed by atoms with Crippen molar-refractivity contribution in [2.45, 2.75) is 40.2 Å². The number of ketones is 1. The molecule has 2 aromatic heterocycles. The Balaban J connectivity index is 1.75. The Kier molecular flexibility index (Phi) is 7.56. The van der Waals surface area contributed by atoms with Crippen LogP contribution in [0, 0.1) is 6.92 Å². The summed E-state index contributed by atoms with van der Waals surface area (Å²) in [5, 5.41) is 5.87. The van der Waals surface area contributed by atoms with Crippen molar-refractivity contribution >= 4 is 17.4 Å². The van der Waals surface area contributed by atoms with Crippen LogP contribution in [-0.4, -0.2) is 33.2 Å². The number of benzene rings is 1. The molecule has 2 N–H and O–H groups in total. The Labute approximate surface area is 182 Å². The summed E-state index contributed by atoms with van der Waals surface area (Å²) in [4.78, 5) is 37.7. The molecule has 3 aromatic rings. The normalized spacial score (nSPS) is 10.7. The Bertz CT molecular complexity index is 1080. The molecule has 0 unspecified atom stereocenters. The molecule has 0 bridgehead atoms. The molecule has 3 rings (SSSR count). The molecule has 0 fully saturated rings. The molecule has 0 spiro atoms. The van der Waals surface area contributed by atoms with Gasteiger partial charge in [0.05, 0.1) is 18.8 Å². The highest BCUT2D eigenvalue weighted by atomic mass is 16.2. The lowest BCUT2D eigenvalue weighted by molar-refractivity contribution is -0.115. The summed E-state index contributed by atoms with van der Waals surface area (Å²) in [6.07, 6.45) is 4.60. The Morgan fingerprint density at radius 2 is 1.87 bits per heavy atom. The van der Waals surface area contributed by atoms with E-state index in [9.17, 15) is 9.59 Å². The minimum absolute atomic E-state index is 0.0621. The average Bonchev–Trinajstić information content (AvgIpc) is 2.78. The van der Waals surface area contributed by atoms with Gasteiger partial charge in [-0.1, -0.05) is 38.1 Å². The van der Waals surface area contributed by atoms with Crippen molar-refractivity contribution in [1.82, 2.24) is 20.3 Å². The third-order valence-corrected chi connectivity index (χ3v) is 4.83. The van der Waals surface area contributed by atoms with E-state index in [1.807, 2.05) is 31.2 Å². The number of hydrogen-bond acceptors (Lipinski definition) is 6. The van der Waals surface area contributed by atoms with Crippen LogP contribution >= 0.6 is 0 Å². The minimum Gasteiger partial charge on any atom is -0.323 e. The van der Waals surface area contributed by atoms with E-state index in [0.717, 1.165) is 23.2 Å². The van der Waals surface area contributed by atoms with Crippen molar-refractivity contribution < 1.29 is 9.59 Å². The third kappa shape index (κ3) is 6.02. The van der Waals surface area contributed by atoms with Crippen molar-refractivity contribution in [3.05, 3.63) is 71.6 Å². The second-order valence-corrected chi connectivity index (χ2v) is 7.22. The predicted molar refractivity (Wildman–Crippen MR) is 121 cm³/mol. The molecule has 7 heteroatoms. The fourth-order valence-electron chi connectivity index (χ4n) is 3.15. The van der Waals surface area contributed by atoms with Crippen LogP contribution in [0.1, 0.15) is 47.8 Å². The molecular formula is C24H27N5O2. The van der Waals surface area contributed by atoms with Gasteiger partial charge in [0.2, 0.25) is 5.91 Å². The lowest BCUT2D eigenvalue weighted by Gasteiger charge is -2.12. The van der Waals surface area contributed by atoms with Gasteiger partial charge in [0, 0.05) is 30.1 Å². The van der Waals surface area contributed by atoms with E-state index >= 15 is 0 Å². The maximum absolute atomic E-state index is 12.5. The van der Waals surface area contributed by atoms with E-state index in [1.54, 1.807) is 19.3 Å². The Morgan fingerprint density at radius 1 is 1.03 bits per heavy atom. The molecule has 0 radical (unpaired) electrons. The number of hydrogen-bond donors (Lipinski definition) is 2. The zero-order chi connectivity index (χ0) is 22.2. The molecule has 7 nitrogen and oxygen atoms in total. The van der Waals surface area contributed by atoms with Gasteiger partial charge in [0.1, 0.15) is 11.5 Å². The van der Waals surface area contributed by atoms with Crippen LogP contribution in [0.3, 0.4) is 0 Å². The highest BCUT2D eigenvalue weighted by Crippen LogP contribution is 2.26. The van der Waals surface area contributed by atoms with E-state index in [0.29, 0.717) is 24.5 Å². The number of aromatic nitrogens is 3. The van der Waals surface area contributed by atoms with Crippen molar-refractivity contribution in [2.24, 2.45) is 0 Å².